The number of aliphatic hydroxyl groups excluding tert-OH is 2. The van der Waals surface area contributed by atoms with Crippen molar-refractivity contribution in [1.82, 2.24) is 4.90 Å². The molecule has 0 spiro atoms. The number of hydrogen-bond donors (Lipinski definition) is 3. The number of carbonyl (C=O) groups excluding carboxylic acids is 1. The molecule has 0 aliphatic rings. The Labute approximate surface area is 113 Å². The third-order valence-electron chi connectivity index (χ3n) is 2.67. The normalized spacial score (nSPS) is 14.1. The number of amides is 1. The van der Waals surface area contributed by atoms with Crippen molar-refractivity contribution >= 4 is 18.5 Å². The average molecular weight is 269 g/mol. The van der Waals surface area contributed by atoms with E-state index in [1.165, 1.54) is 4.90 Å². The smallest absolute Gasteiger partial charge is 0.253 e. The SMILES string of the molecule is CN(C)C(=O)c1cccc(C(O)C(O)CCS)c1. The maximum atomic E-state index is 11.8. The van der Waals surface area contributed by atoms with Gasteiger partial charge in [0.2, 0.25) is 0 Å². The topological polar surface area (TPSA) is 60.8 Å². The van der Waals surface area contributed by atoms with Crippen molar-refractivity contribution in [3.63, 3.8) is 0 Å². The third kappa shape index (κ3) is 3.73. The van der Waals surface area contributed by atoms with Gasteiger partial charge in [0.1, 0.15) is 6.10 Å². The molecule has 100 valence electrons. The van der Waals surface area contributed by atoms with Crippen molar-refractivity contribution < 1.29 is 15.0 Å². The molecule has 0 fully saturated rings. The Kier molecular flexibility index (Phi) is 5.65. The van der Waals surface area contributed by atoms with Crippen molar-refractivity contribution in [2.45, 2.75) is 18.6 Å². The van der Waals surface area contributed by atoms with Crippen molar-refractivity contribution in [2.24, 2.45) is 0 Å². The molecule has 2 N–H and O–H groups in total. The predicted octanol–water partition coefficient (Wildman–Crippen LogP) is 1.10. The van der Waals surface area contributed by atoms with Crippen LogP contribution in [0.25, 0.3) is 0 Å². The molecule has 5 heteroatoms. The molecule has 2 atom stereocenters. The Bertz CT molecular complexity index is 409. The van der Waals surface area contributed by atoms with Gasteiger partial charge in [-0.25, -0.2) is 0 Å². The van der Waals surface area contributed by atoms with Gasteiger partial charge in [-0.05, 0) is 29.9 Å². The number of rotatable bonds is 5. The van der Waals surface area contributed by atoms with Crippen molar-refractivity contribution in [2.75, 3.05) is 19.8 Å². The fourth-order valence-corrected chi connectivity index (χ4v) is 1.89. The highest BCUT2D eigenvalue weighted by Crippen LogP contribution is 2.20. The molecule has 18 heavy (non-hydrogen) atoms. The minimum absolute atomic E-state index is 0.132. The highest BCUT2D eigenvalue weighted by Gasteiger charge is 2.19. The first kappa shape index (κ1) is 15.0. The van der Waals surface area contributed by atoms with E-state index in [1.54, 1.807) is 38.4 Å². The second-order valence-electron chi connectivity index (χ2n) is 4.35. The highest BCUT2D eigenvalue weighted by molar-refractivity contribution is 7.80. The van der Waals surface area contributed by atoms with Crippen LogP contribution in [0.15, 0.2) is 24.3 Å². The summed E-state index contributed by atoms with van der Waals surface area (Å²) >= 11 is 4.01. The lowest BCUT2D eigenvalue weighted by atomic mass is 10.0. The fraction of sp³-hybridized carbons (Fsp3) is 0.462. The van der Waals surface area contributed by atoms with Crippen molar-refractivity contribution in [3.05, 3.63) is 35.4 Å². The zero-order valence-electron chi connectivity index (χ0n) is 10.6. The van der Waals surface area contributed by atoms with E-state index >= 15 is 0 Å². The van der Waals surface area contributed by atoms with Gasteiger partial charge in [-0.2, -0.15) is 12.6 Å². The van der Waals surface area contributed by atoms with E-state index in [-0.39, 0.29) is 5.91 Å². The van der Waals surface area contributed by atoms with Crippen LogP contribution in [0.4, 0.5) is 0 Å². The van der Waals surface area contributed by atoms with E-state index in [9.17, 15) is 15.0 Å². The van der Waals surface area contributed by atoms with Crippen LogP contribution in [-0.4, -0.2) is 47.0 Å². The van der Waals surface area contributed by atoms with Gasteiger partial charge in [-0.1, -0.05) is 12.1 Å². The number of hydrogen-bond acceptors (Lipinski definition) is 4. The van der Waals surface area contributed by atoms with Crippen LogP contribution >= 0.6 is 12.6 Å². The molecule has 0 aliphatic carbocycles. The molecule has 1 amide bonds. The average Bonchev–Trinajstić information content (AvgIpc) is 2.37. The number of thiol groups is 1. The third-order valence-corrected chi connectivity index (χ3v) is 2.93. The summed E-state index contributed by atoms with van der Waals surface area (Å²) in [5, 5.41) is 19.7. The van der Waals surface area contributed by atoms with Crippen LogP contribution in [0.2, 0.25) is 0 Å². The molecule has 0 aromatic heterocycles. The summed E-state index contributed by atoms with van der Waals surface area (Å²) in [4.78, 5) is 13.3. The number of carbonyl (C=O) groups is 1. The summed E-state index contributed by atoms with van der Waals surface area (Å²) < 4.78 is 0. The minimum atomic E-state index is -0.993. The van der Waals surface area contributed by atoms with Gasteiger partial charge in [-0.3, -0.25) is 4.79 Å². The molecule has 2 unspecified atom stereocenters. The maximum Gasteiger partial charge on any atom is 0.253 e. The Morgan fingerprint density at radius 3 is 2.61 bits per heavy atom. The first-order valence-corrected chi connectivity index (χ1v) is 6.39. The Hall–Kier alpha value is -1.04. The van der Waals surface area contributed by atoms with Crippen LogP contribution < -0.4 is 0 Å². The molecule has 0 heterocycles. The lowest BCUT2D eigenvalue weighted by Crippen LogP contribution is -2.23. The van der Waals surface area contributed by atoms with Gasteiger partial charge in [0.15, 0.2) is 0 Å². The standard InChI is InChI=1S/C13H19NO3S/c1-14(2)13(17)10-5-3-4-9(8-10)12(16)11(15)6-7-18/h3-5,8,11-12,15-16,18H,6-7H2,1-2H3. The monoisotopic (exact) mass is 269 g/mol. The molecule has 0 radical (unpaired) electrons. The largest absolute Gasteiger partial charge is 0.390 e. The van der Waals surface area contributed by atoms with Crippen molar-refractivity contribution in [3.8, 4) is 0 Å². The molecule has 4 nitrogen and oxygen atoms in total. The quantitative estimate of drug-likeness (QED) is 0.702. The zero-order chi connectivity index (χ0) is 13.7. The minimum Gasteiger partial charge on any atom is -0.390 e. The maximum absolute atomic E-state index is 11.8. The summed E-state index contributed by atoms with van der Waals surface area (Å²) in [6.45, 7) is 0. The molecule has 0 saturated heterocycles. The van der Waals surface area contributed by atoms with Gasteiger partial charge in [0.05, 0.1) is 6.10 Å². The highest BCUT2D eigenvalue weighted by atomic mass is 32.1. The van der Waals surface area contributed by atoms with Gasteiger partial charge >= 0.3 is 0 Å². The van der Waals surface area contributed by atoms with E-state index in [0.29, 0.717) is 23.3 Å². The molecule has 0 aliphatic heterocycles. The number of aliphatic hydroxyl groups is 2. The molecular weight excluding hydrogens is 250 g/mol. The molecular formula is C13H19NO3S. The summed E-state index contributed by atoms with van der Waals surface area (Å²) in [7, 11) is 3.34. The second kappa shape index (κ2) is 6.78. The summed E-state index contributed by atoms with van der Waals surface area (Å²) in [6.07, 6.45) is -1.46. The summed E-state index contributed by atoms with van der Waals surface area (Å²) in [5.41, 5.74) is 1.03. The van der Waals surface area contributed by atoms with Crippen LogP contribution in [0, 0.1) is 0 Å². The summed E-state index contributed by atoms with van der Waals surface area (Å²) in [5.74, 6) is 0.363. The molecule has 0 saturated carbocycles. The first-order chi connectivity index (χ1) is 8.47. The van der Waals surface area contributed by atoms with Gasteiger partial charge < -0.3 is 15.1 Å². The number of nitrogens with zero attached hydrogens (tertiary/aromatic N) is 1. The van der Waals surface area contributed by atoms with E-state index in [4.69, 9.17) is 0 Å². The Morgan fingerprint density at radius 2 is 2.06 bits per heavy atom. The lowest BCUT2D eigenvalue weighted by Gasteiger charge is -2.18. The first-order valence-electron chi connectivity index (χ1n) is 5.76. The summed E-state index contributed by atoms with van der Waals surface area (Å²) in [6, 6.07) is 6.68. The molecule has 0 bridgehead atoms. The lowest BCUT2D eigenvalue weighted by molar-refractivity contribution is 0.0172. The zero-order valence-corrected chi connectivity index (χ0v) is 11.5. The molecule has 1 aromatic rings. The molecule has 1 rings (SSSR count). The van der Waals surface area contributed by atoms with Gasteiger partial charge in [0.25, 0.3) is 5.91 Å². The van der Waals surface area contributed by atoms with Crippen LogP contribution in [-0.2, 0) is 0 Å². The predicted molar refractivity (Wildman–Crippen MR) is 73.9 cm³/mol. The molecule has 1 aromatic carbocycles. The Balaban J connectivity index is 2.91. The number of benzene rings is 1. The van der Waals surface area contributed by atoms with Crippen molar-refractivity contribution in [1.29, 1.82) is 0 Å². The van der Waals surface area contributed by atoms with Gasteiger partial charge in [-0.15, -0.1) is 0 Å². The second-order valence-corrected chi connectivity index (χ2v) is 4.80. The fourth-order valence-electron chi connectivity index (χ4n) is 1.63. The van der Waals surface area contributed by atoms with Crippen LogP contribution in [0.1, 0.15) is 28.4 Å². The van der Waals surface area contributed by atoms with E-state index in [2.05, 4.69) is 12.6 Å². The Morgan fingerprint density at radius 1 is 1.39 bits per heavy atom. The van der Waals surface area contributed by atoms with Crippen LogP contribution in [0.5, 0.6) is 0 Å². The van der Waals surface area contributed by atoms with E-state index in [1.807, 2.05) is 0 Å². The van der Waals surface area contributed by atoms with Crippen LogP contribution in [0.3, 0.4) is 0 Å². The van der Waals surface area contributed by atoms with E-state index < -0.39 is 12.2 Å². The van der Waals surface area contributed by atoms with E-state index in [0.717, 1.165) is 0 Å². The van der Waals surface area contributed by atoms with Gasteiger partial charge in [0, 0.05) is 19.7 Å².